The number of aryl methyl sites for hydroxylation is 1. The van der Waals surface area contributed by atoms with Gasteiger partial charge in [0.05, 0.1) is 0 Å². The van der Waals surface area contributed by atoms with Crippen LogP contribution in [0, 0.1) is 12.7 Å². The van der Waals surface area contributed by atoms with Gasteiger partial charge in [-0.25, -0.2) is 4.39 Å². The van der Waals surface area contributed by atoms with Crippen LogP contribution in [0.3, 0.4) is 0 Å². The van der Waals surface area contributed by atoms with Gasteiger partial charge in [0.2, 0.25) is 0 Å². The largest absolute Gasteiger partial charge is 0.207 e. The molecule has 2 heteroatoms. The van der Waals surface area contributed by atoms with Crippen LogP contribution in [0.15, 0.2) is 23.8 Å². The van der Waals surface area contributed by atoms with Crippen molar-refractivity contribution in [2.45, 2.75) is 20.3 Å². The van der Waals surface area contributed by atoms with Crippen LogP contribution >= 0.6 is 15.9 Å². The molecular formula is C12H14BrF. The number of rotatable bonds is 3. The molecule has 0 fully saturated rings. The van der Waals surface area contributed by atoms with E-state index in [9.17, 15) is 4.39 Å². The van der Waals surface area contributed by atoms with E-state index in [-0.39, 0.29) is 5.82 Å². The fourth-order valence-corrected chi connectivity index (χ4v) is 1.79. The molecule has 14 heavy (non-hydrogen) atoms. The van der Waals surface area contributed by atoms with Crippen molar-refractivity contribution in [3.05, 3.63) is 40.7 Å². The van der Waals surface area contributed by atoms with Crippen LogP contribution in [0.1, 0.15) is 24.5 Å². The average molecular weight is 257 g/mol. The lowest BCUT2D eigenvalue weighted by molar-refractivity contribution is 0.618. The zero-order valence-corrected chi connectivity index (χ0v) is 10.1. The highest BCUT2D eigenvalue weighted by Gasteiger charge is 1.98. The Labute approximate surface area is 93.0 Å². The number of alkyl halides is 1. The molecule has 0 N–H and O–H groups in total. The third-order valence-electron chi connectivity index (χ3n) is 2.18. The topological polar surface area (TPSA) is 0 Å². The van der Waals surface area contributed by atoms with Crippen LogP contribution in [0.25, 0.3) is 6.08 Å². The van der Waals surface area contributed by atoms with Crippen LogP contribution in [0.2, 0.25) is 0 Å². The summed E-state index contributed by atoms with van der Waals surface area (Å²) in [4.78, 5) is 0. The molecule has 0 heterocycles. The Morgan fingerprint density at radius 2 is 2.21 bits per heavy atom. The predicted octanol–water partition coefficient (Wildman–Crippen LogP) is 4.32. The lowest BCUT2D eigenvalue weighted by atomic mass is 10.1. The van der Waals surface area contributed by atoms with Gasteiger partial charge >= 0.3 is 0 Å². The molecule has 0 spiro atoms. The van der Waals surface area contributed by atoms with Crippen LogP contribution in [-0.4, -0.2) is 5.33 Å². The smallest absolute Gasteiger partial charge is 0.126 e. The molecule has 0 nitrogen and oxygen atoms in total. The van der Waals surface area contributed by atoms with Gasteiger partial charge in [0, 0.05) is 5.33 Å². The van der Waals surface area contributed by atoms with E-state index in [1.54, 1.807) is 13.0 Å². The lowest BCUT2D eigenvalue weighted by Gasteiger charge is -2.01. The fourth-order valence-electron chi connectivity index (χ4n) is 1.23. The van der Waals surface area contributed by atoms with Crippen LogP contribution in [-0.2, 0) is 0 Å². The van der Waals surface area contributed by atoms with Gasteiger partial charge in [-0.1, -0.05) is 40.6 Å². The first-order chi connectivity index (χ1) is 6.67. The first-order valence-corrected chi connectivity index (χ1v) is 5.81. The Balaban J connectivity index is 2.97. The second-order valence-electron chi connectivity index (χ2n) is 3.30. The molecular weight excluding hydrogens is 243 g/mol. The minimum Gasteiger partial charge on any atom is -0.207 e. The minimum absolute atomic E-state index is 0.140. The van der Waals surface area contributed by atoms with Gasteiger partial charge in [-0.3, -0.25) is 0 Å². The molecule has 76 valence electrons. The lowest BCUT2D eigenvalue weighted by Crippen LogP contribution is -1.85. The summed E-state index contributed by atoms with van der Waals surface area (Å²) in [5.74, 6) is -0.140. The van der Waals surface area contributed by atoms with Crippen molar-refractivity contribution in [2.24, 2.45) is 0 Å². The van der Waals surface area contributed by atoms with Crippen LogP contribution in [0.4, 0.5) is 4.39 Å². The second-order valence-corrected chi connectivity index (χ2v) is 3.86. The third-order valence-corrected chi connectivity index (χ3v) is 2.90. The molecule has 0 bridgehead atoms. The van der Waals surface area contributed by atoms with Crippen molar-refractivity contribution in [3.63, 3.8) is 0 Å². The summed E-state index contributed by atoms with van der Waals surface area (Å²) >= 11 is 3.42. The number of allylic oxidation sites excluding steroid dienone is 1. The summed E-state index contributed by atoms with van der Waals surface area (Å²) in [5, 5.41) is 0.875. The average Bonchev–Trinajstić information content (AvgIpc) is 2.19. The zero-order valence-electron chi connectivity index (χ0n) is 8.48. The van der Waals surface area contributed by atoms with E-state index < -0.39 is 0 Å². The van der Waals surface area contributed by atoms with E-state index in [0.717, 1.165) is 17.3 Å². The summed E-state index contributed by atoms with van der Waals surface area (Å²) in [7, 11) is 0. The highest BCUT2D eigenvalue weighted by Crippen LogP contribution is 2.15. The van der Waals surface area contributed by atoms with Gasteiger partial charge in [0.15, 0.2) is 0 Å². The van der Waals surface area contributed by atoms with Crippen molar-refractivity contribution < 1.29 is 4.39 Å². The Hall–Kier alpha value is -0.630. The third kappa shape index (κ3) is 2.95. The van der Waals surface area contributed by atoms with Crippen LogP contribution < -0.4 is 0 Å². The summed E-state index contributed by atoms with van der Waals surface area (Å²) in [6.45, 7) is 3.90. The molecule has 0 aliphatic heterocycles. The summed E-state index contributed by atoms with van der Waals surface area (Å²) < 4.78 is 13.0. The van der Waals surface area contributed by atoms with E-state index in [1.807, 2.05) is 6.07 Å². The Bertz CT molecular complexity index is 336. The highest BCUT2D eigenvalue weighted by molar-refractivity contribution is 9.09. The molecule has 0 aromatic heterocycles. The van der Waals surface area contributed by atoms with E-state index in [2.05, 4.69) is 28.9 Å². The van der Waals surface area contributed by atoms with Gasteiger partial charge in [-0.15, -0.1) is 0 Å². The fraction of sp³-hybridized carbons (Fsp3) is 0.333. The maximum atomic E-state index is 13.0. The van der Waals surface area contributed by atoms with Crippen molar-refractivity contribution >= 4 is 22.0 Å². The molecule has 0 amide bonds. The molecule has 0 saturated carbocycles. The molecule has 0 aliphatic carbocycles. The molecule has 0 atom stereocenters. The van der Waals surface area contributed by atoms with E-state index in [1.165, 1.54) is 11.6 Å². The summed E-state index contributed by atoms with van der Waals surface area (Å²) in [6, 6.07) is 5.19. The highest BCUT2D eigenvalue weighted by atomic mass is 79.9. The molecule has 0 unspecified atom stereocenters. The molecule has 1 aromatic rings. The summed E-state index contributed by atoms with van der Waals surface area (Å²) in [5.41, 5.74) is 3.08. The van der Waals surface area contributed by atoms with Crippen molar-refractivity contribution in [3.8, 4) is 0 Å². The first kappa shape index (κ1) is 11.4. The van der Waals surface area contributed by atoms with Gasteiger partial charge < -0.3 is 0 Å². The Kier molecular flexibility index (Phi) is 4.33. The quantitative estimate of drug-likeness (QED) is 0.707. The molecule has 1 aromatic carbocycles. The maximum Gasteiger partial charge on any atom is 0.126 e. The van der Waals surface area contributed by atoms with Gasteiger partial charge in [0.1, 0.15) is 5.82 Å². The molecule has 0 aliphatic rings. The number of hydrogen-bond acceptors (Lipinski definition) is 0. The SMILES string of the molecule is CCC(=Cc1ccc(F)c(C)c1)CBr. The van der Waals surface area contributed by atoms with Crippen molar-refractivity contribution in [2.75, 3.05) is 5.33 Å². The maximum absolute atomic E-state index is 13.0. The van der Waals surface area contributed by atoms with Crippen molar-refractivity contribution in [1.29, 1.82) is 0 Å². The normalized spacial score (nSPS) is 11.9. The van der Waals surface area contributed by atoms with Crippen LogP contribution in [0.5, 0.6) is 0 Å². The van der Waals surface area contributed by atoms with E-state index >= 15 is 0 Å². The van der Waals surface area contributed by atoms with Gasteiger partial charge in [-0.05, 0) is 36.6 Å². The number of halogens is 2. The van der Waals surface area contributed by atoms with Crippen molar-refractivity contribution in [1.82, 2.24) is 0 Å². The van der Waals surface area contributed by atoms with Gasteiger partial charge in [-0.2, -0.15) is 0 Å². The molecule has 0 radical (unpaired) electrons. The summed E-state index contributed by atoms with van der Waals surface area (Å²) in [6.07, 6.45) is 3.11. The zero-order chi connectivity index (χ0) is 10.6. The Morgan fingerprint density at radius 3 is 2.71 bits per heavy atom. The van der Waals surface area contributed by atoms with Gasteiger partial charge in [0.25, 0.3) is 0 Å². The van der Waals surface area contributed by atoms with E-state index in [0.29, 0.717) is 5.56 Å². The second kappa shape index (κ2) is 5.30. The number of hydrogen-bond donors (Lipinski definition) is 0. The molecule has 0 saturated heterocycles. The monoisotopic (exact) mass is 256 g/mol. The molecule has 1 rings (SSSR count). The Morgan fingerprint density at radius 1 is 1.50 bits per heavy atom. The van der Waals surface area contributed by atoms with E-state index in [4.69, 9.17) is 0 Å². The predicted molar refractivity (Wildman–Crippen MR) is 63.2 cm³/mol. The standard InChI is InChI=1S/C12H14BrF/c1-3-10(8-13)7-11-4-5-12(14)9(2)6-11/h4-7H,3,8H2,1-2H3. The minimum atomic E-state index is -0.140. The first-order valence-electron chi connectivity index (χ1n) is 4.69. The number of benzene rings is 1.